The molecular weight excluding hydrogens is 240 g/mol. The van der Waals surface area contributed by atoms with Gasteiger partial charge in [0.1, 0.15) is 5.50 Å². The van der Waals surface area contributed by atoms with Crippen molar-refractivity contribution in [2.24, 2.45) is 5.92 Å². The topological polar surface area (TPSA) is 57.6 Å². The third kappa shape index (κ3) is 3.64. The zero-order chi connectivity index (χ0) is 11.5. The molecule has 0 aliphatic carbocycles. The van der Waals surface area contributed by atoms with Gasteiger partial charge in [-0.15, -0.1) is 15.9 Å². The molecule has 0 aromatic carbocycles. The lowest BCUT2D eigenvalue weighted by Crippen LogP contribution is -2.44. The lowest BCUT2D eigenvalue weighted by molar-refractivity contribution is 0.0790. The molecule has 0 radical (unpaired) electrons. The van der Waals surface area contributed by atoms with Gasteiger partial charge < -0.3 is 0 Å². The van der Waals surface area contributed by atoms with Crippen LogP contribution in [0.15, 0.2) is 0 Å². The number of alkyl halides is 3. The van der Waals surface area contributed by atoms with Gasteiger partial charge in [-0.25, -0.2) is 4.39 Å². The lowest BCUT2D eigenvalue weighted by Gasteiger charge is -2.27. The summed E-state index contributed by atoms with van der Waals surface area (Å²) < 4.78 is 55.3. The smallest absolute Gasteiger partial charge is 0.273 e. The number of halogens is 3. The van der Waals surface area contributed by atoms with E-state index in [1.807, 2.05) is 0 Å². The predicted molar refractivity (Wildman–Crippen MR) is 48.7 cm³/mol. The van der Waals surface area contributed by atoms with E-state index in [0.717, 1.165) is 6.92 Å². The summed E-state index contributed by atoms with van der Waals surface area (Å²) in [5, 5.41) is 0. The van der Waals surface area contributed by atoms with Crippen LogP contribution in [-0.4, -0.2) is 35.7 Å². The molecule has 0 amide bonds. The Balaban J connectivity index is 4.86. The first-order valence-electron chi connectivity index (χ1n) is 3.81. The van der Waals surface area contributed by atoms with Crippen LogP contribution in [0.25, 0.3) is 0 Å². The maximum Gasteiger partial charge on any atom is 0.339 e. The molecule has 0 aliphatic heterocycles. The Morgan fingerprint density at radius 3 is 2.14 bits per heavy atom. The molecule has 0 rings (SSSR count). The number of rotatable bonds is 5. The van der Waals surface area contributed by atoms with Gasteiger partial charge in [-0.1, -0.05) is 6.92 Å². The Hall–Kier alpha value is 0.0200. The summed E-state index contributed by atoms with van der Waals surface area (Å²) in [6.07, 6.45) is -2.18. The fraction of sp³-hybridized carbons (Fsp3) is 1.00. The van der Waals surface area contributed by atoms with Gasteiger partial charge in [0, 0.05) is 5.92 Å². The SMILES string of the molecule is CC(CF)C(F)N(C(C)Cl)S(=O)(=O)O. The highest BCUT2D eigenvalue weighted by atomic mass is 35.5. The Morgan fingerprint density at radius 1 is 1.50 bits per heavy atom. The predicted octanol–water partition coefficient (Wildman–Crippen LogP) is 1.58. The van der Waals surface area contributed by atoms with Crippen molar-refractivity contribution >= 4 is 21.9 Å². The van der Waals surface area contributed by atoms with Gasteiger partial charge in [0.15, 0.2) is 6.30 Å². The van der Waals surface area contributed by atoms with E-state index in [-0.39, 0.29) is 4.31 Å². The third-order valence-corrected chi connectivity index (χ3v) is 2.95. The van der Waals surface area contributed by atoms with E-state index >= 15 is 0 Å². The Kier molecular flexibility index (Phi) is 5.21. The third-order valence-electron chi connectivity index (χ3n) is 1.57. The monoisotopic (exact) mass is 251 g/mol. The summed E-state index contributed by atoms with van der Waals surface area (Å²) >= 11 is 5.35. The van der Waals surface area contributed by atoms with E-state index in [9.17, 15) is 17.2 Å². The van der Waals surface area contributed by atoms with E-state index in [4.69, 9.17) is 16.2 Å². The molecule has 8 heteroatoms. The minimum Gasteiger partial charge on any atom is -0.273 e. The second kappa shape index (κ2) is 5.20. The first-order valence-corrected chi connectivity index (χ1v) is 5.65. The summed E-state index contributed by atoms with van der Waals surface area (Å²) in [5.41, 5.74) is -1.28. The second-order valence-corrected chi connectivity index (χ2v) is 4.83. The van der Waals surface area contributed by atoms with Crippen LogP contribution in [0, 0.1) is 5.92 Å². The normalized spacial score (nSPS) is 19.4. The lowest BCUT2D eigenvalue weighted by atomic mass is 10.2. The van der Waals surface area contributed by atoms with E-state index < -0.39 is 34.7 Å². The van der Waals surface area contributed by atoms with Crippen molar-refractivity contribution in [3.05, 3.63) is 0 Å². The van der Waals surface area contributed by atoms with Gasteiger partial charge in [0.25, 0.3) is 0 Å². The molecule has 0 heterocycles. The summed E-state index contributed by atoms with van der Waals surface area (Å²) in [6.45, 7) is 1.28. The molecule has 0 saturated heterocycles. The summed E-state index contributed by atoms with van der Waals surface area (Å²) in [7, 11) is -4.76. The molecule has 0 aromatic heterocycles. The van der Waals surface area contributed by atoms with Gasteiger partial charge in [-0.05, 0) is 6.92 Å². The fourth-order valence-electron chi connectivity index (χ4n) is 0.831. The van der Waals surface area contributed by atoms with Gasteiger partial charge in [0.2, 0.25) is 0 Å². The molecule has 1 N–H and O–H groups in total. The Morgan fingerprint density at radius 2 is 1.93 bits per heavy atom. The van der Waals surface area contributed by atoms with Crippen LogP contribution in [-0.2, 0) is 10.3 Å². The molecule has 3 atom stereocenters. The summed E-state index contributed by atoms with van der Waals surface area (Å²) in [4.78, 5) is 0. The van der Waals surface area contributed by atoms with E-state index in [2.05, 4.69) is 0 Å². The molecule has 0 bridgehead atoms. The van der Waals surface area contributed by atoms with Crippen molar-refractivity contribution < 1.29 is 21.8 Å². The minimum absolute atomic E-state index is 0.0127. The van der Waals surface area contributed by atoms with Crippen LogP contribution >= 0.6 is 11.6 Å². The maximum absolute atomic E-state index is 13.3. The van der Waals surface area contributed by atoms with Crippen LogP contribution in [0.1, 0.15) is 13.8 Å². The van der Waals surface area contributed by atoms with Crippen LogP contribution in [0.2, 0.25) is 0 Å². The summed E-state index contributed by atoms with van der Waals surface area (Å²) in [5.74, 6) is -1.18. The molecule has 0 aliphatic rings. The molecular formula is C6H12ClF2NO3S. The first kappa shape index (κ1) is 14.0. The second-order valence-electron chi connectivity index (χ2n) is 2.89. The number of nitrogens with zero attached hydrogens (tertiary/aromatic N) is 1. The molecule has 14 heavy (non-hydrogen) atoms. The van der Waals surface area contributed by atoms with Crippen molar-refractivity contribution in [3.63, 3.8) is 0 Å². The van der Waals surface area contributed by atoms with Crippen LogP contribution in [0.4, 0.5) is 8.78 Å². The van der Waals surface area contributed by atoms with Crippen LogP contribution in [0.5, 0.6) is 0 Å². The highest BCUT2D eigenvalue weighted by molar-refractivity contribution is 7.83. The number of hydrogen-bond donors (Lipinski definition) is 1. The average Bonchev–Trinajstić information content (AvgIpc) is 1.99. The van der Waals surface area contributed by atoms with Crippen molar-refractivity contribution in [1.29, 1.82) is 0 Å². The molecule has 4 nitrogen and oxygen atoms in total. The zero-order valence-corrected chi connectivity index (χ0v) is 9.26. The molecule has 0 spiro atoms. The van der Waals surface area contributed by atoms with Crippen LogP contribution in [0.3, 0.4) is 0 Å². The zero-order valence-electron chi connectivity index (χ0n) is 7.69. The molecule has 3 unspecified atom stereocenters. The highest BCUT2D eigenvalue weighted by Crippen LogP contribution is 2.21. The van der Waals surface area contributed by atoms with Gasteiger partial charge >= 0.3 is 10.3 Å². The van der Waals surface area contributed by atoms with Crippen molar-refractivity contribution in [2.45, 2.75) is 25.6 Å². The number of hydrogen-bond acceptors (Lipinski definition) is 2. The van der Waals surface area contributed by atoms with Crippen molar-refractivity contribution in [3.8, 4) is 0 Å². The van der Waals surface area contributed by atoms with Crippen LogP contribution < -0.4 is 0 Å². The highest BCUT2D eigenvalue weighted by Gasteiger charge is 2.35. The standard InChI is InChI=1S/C6H12ClF2NO3S/c1-4(3-8)6(9)10(5(2)7)14(11,12)13/h4-6H,3H2,1-2H3,(H,11,12,13). The first-order chi connectivity index (χ1) is 6.21. The maximum atomic E-state index is 13.3. The summed E-state index contributed by atoms with van der Waals surface area (Å²) in [6, 6.07) is 0. The molecule has 86 valence electrons. The molecule has 0 fully saturated rings. The largest absolute Gasteiger partial charge is 0.339 e. The van der Waals surface area contributed by atoms with Gasteiger partial charge in [-0.2, -0.15) is 8.42 Å². The average molecular weight is 252 g/mol. The van der Waals surface area contributed by atoms with Crippen molar-refractivity contribution in [2.75, 3.05) is 6.67 Å². The molecule has 0 aromatic rings. The minimum atomic E-state index is -4.76. The van der Waals surface area contributed by atoms with E-state index in [0.29, 0.717) is 0 Å². The van der Waals surface area contributed by atoms with E-state index in [1.165, 1.54) is 6.92 Å². The molecule has 0 saturated carbocycles. The quantitative estimate of drug-likeness (QED) is 0.459. The van der Waals surface area contributed by atoms with Gasteiger partial charge in [0.05, 0.1) is 6.67 Å². The van der Waals surface area contributed by atoms with Crippen molar-refractivity contribution in [1.82, 2.24) is 4.31 Å². The Labute approximate surface area is 86.7 Å². The van der Waals surface area contributed by atoms with Gasteiger partial charge in [-0.3, -0.25) is 8.94 Å². The van der Waals surface area contributed by atoms with E-state index in [1.54, 1.807) is 0 Å². The fourth-order valence-corrected chi connectivity index (χ4v) is 2.07. The Bertz CT molecular complexity index is 272.